The topological polar surface area (TPSA) is 53.6 Å². The number of rotatable bonds is 3. The van der Waals surface area contributed by atoms with E-state index < -0.39 is 0 Å². The number of nitrogens with zero attached hydrogens (tertiary/aromatic N) is 2. The highest BCUT2D eigenvalue weighted by molar-refractivity contribution is 7.73. The van der Waals surface area contributed by atoms with Gasteiger partial charge in [-0.15, -0.1) is 16.4 Å². The lowest BCUT2D eigenvalue weighted by Gasteiger charge is -1.95. The second-order valence-electron chi connectivity index (χ2n) is 2.20. The molecule has 7 heteroatoms. The number of thiazole rings is 1. The lowest BCUT2D eigenvalue weighted by atomic mass is 10.7. The van der Waals surface area contributed by atoms with Gasteiger partial charge in [0, 0.05) is 11.6 Å². The minimum absolute atomic E-state index is 0.682. The second-order valence-corrected chi connectivity index (χ2v) is 4.84. The Morgan fingerprint density at radius 3 is 3.15 bits per heavy atom. The van der Waals surface area contributed by atoms with Gasteiger partial charge >= 0.3 is 0 Å². The summed E-state index contributed by atoms with van der Waals surface area (Å²) in [5, 5.41) is 13.6. The summed E-state index contributed by atoms with van der Waals surface area (Å²) in [6, 6.07) is 0. The summed E-state index contributed by atoms with van der Waals surface area (Å²) in [4.78, 5) is 4.13. The molecule has 13 heavy (non-hydrogen) atoms. The van der Waals surface area contributed by atoms with Gasteiger partial charge in [0.2, 0.25) is 5.13 Å². The van der Waals surface area contributed by atoms with Crippen LogP contribution in [0.15, 0.2) is 11.6 Å². The number of hydrogen-bond acceptors (Lipinski definition) is 6. The van der Waals surface area contributed by atoms with Crippen LogP contribution < -0.4 is 5.32 Å². The molecule has 0 fully saturated rings. The molecule has 0 saturated carbocycles. The van der Waals surface area contributed by atoms with Gasteiger partial charge in [0.15, 0.2) is 3.95 Å². The van der Waals surface area contributed by atoms with Gasteiger partial charge in [0.25, 0.3) is 0 Å². The van der Waals surface area contributed by atoms with E-state index in [4.69, 9.17) is 12.2 Å². The predicted octanol–water partition coefficient (Wildman–Crippen LogP) is 2.27. The van der Waals surface area contributed by atoms with Crippen LogP contribution in [0.25, 0.3) is 0 Å². The first kappa shape index (κ1) is 8.79. The van der Waals surface area contributed by atoms with Gasteiger partial charge in [-0.3, -0.25) is 5.10 Å². The van der Waals surface area contributed by atoms with Crippen molar-refractivity contribution in [2.45, 2.75) is 6.54 Å². The van der Waals surface area contributed by atoms with Crippen molar-refractivity contribution in [1.29, 1.82) is 0 Å². The number of anilines is 1. The van der Waals surface area contributed by atoms with Crippen molar-refractivity contribution in [3.8, 4) is 0 Å². The molecule has 0 aromatic carbocycles. The molecule has 0 aliphatic heterocycles. The van der Waals surface area contributed by atoms with Crippen molar-refractivity contribution < 1.29 is 0 Å². The average Bonchev–Trinajstić information content (AvgIpc) is 2.71. The molecule has 2 heterocycles. The van der Waals surface area contributed by atoms with Crippen LogP contribution in [0.3, 0.4) is 0 Å². The molecular weight excluding hydrogens is 224 g/mol. The lowest BCUT2D eigenvalue weighted by molar-refractivity contribution is 1.03. The van der Waals surface area contributed by atoms with Crippen molar-refractivity contribution in [1.82, 2.24) is 15.2 Å². The van der Waals surface area contributed by atoms with Crippen LogP contribution >= 0.6 is 34.9 Å². The fraction of sp³-hybridized carbons (Fsp3) is 0.167. The number of aromatic amines is 1. The zero-order valence-corrected chi connectivity index (χ0v) is 8.93. The van der Waals surface area contributed by atoms with E-state index in [0.717, 1.165) is 10.1 Å². The first-order chi connectivity index (χ1) is 6.34. The number of hydrogen-bond donors (Lipinski definition) is 2. The normalized spacial score (nSPS) is 10.2. The van der Waals surface area contributed by atoms with Crippen molar-refractivity contribution >= 4 is 40.0 Å². The summed E-state index contributed by atoms with van der Waals surface area (Å²) in [5.41, 5.74) is 0. The SMILES string of the molecule is S=c1[nH]nc(NCc2nccs2)s1. The molecular formula is C6H6N4S3. The molecule has 0 radical (unpaired) electrons. The van der Waals surface area contributed by atoms with Crippen LogP contribution in [0.4, 0.5) is 5.13 Å². The molecule has 0 spiro atoms. The Hall–Kier alpha value is -0.790. The van der Waals surface area contributed by atoms with Crippen LogP contribution in [-0.2, 0) is 6.54 Å². The molecule has 0 saturated heterocycles. The Labute approximate surface area is 87.7 Å². The minimum atomic E-state index is 0.682. The highest BCUT2D eigenvalue weighted by Gasteiger charge is 1.98. The molecule has 0 unspecified atom stereocenters. The molecule has 2 aromatic heterocycles. The van der Waals surface area contributed by atoms with E-state index in [1.165, 1.54) is 11.3 Å². The van der Waals surface area contributed by atoms with E-state index in [0.29, 0.717) is 10.5 Å². The summed E-state index contributed by atoms with van der Waals surface area (Å²) in [6.07, 6.45) is 1.79. The smallest absolute Gasteiger partial charge is 0.204 e. The summed E-state index contributed by atoms with van der Waals surface area (Å²) in [6.45, 7) is 0.702. The third kappa shape index (κ3) is 2.33. The quantitative estimate of drug-likeness (QED) is 0.794. The summed E-state index contributed by atoms with van der Waals surface area (Å²) in [5.74, 6) is 0. The Kier molecular flexibility index (Phi) is 2.67. The van der Waals surface area contributed by atoms with Gasteiger partial charge in [0.05, 0.1) is 6.54 Å². The first-order valence-electron chi connectivity index (χ1n) is 3.52. The van der Waals surface area contributed by atoms with E-state index in [1.54, 1.807) is 17.5 Å². The van der Waals surface area contributed by atoms with Gasteiger partial charge < -0.3 is 5.32 Å². The average molecular weight is 230 g/mol. The van der Waals surface area contributed by atoms with Gasteiger partial charge in [-0.05, 0) is 12.2 Å². The Bertz CT molecular complexity index is 415. The van der Waals surface area contributed by atoms with E-state index >= 15 is 0 Å². The molecule has 0 aliphatic rings. The van der Waals surface area contributed by atoms with Crippen molar-refractivity contribution in [3.05, 3.63) is 20.5 Å². The zero-order chi connectivity index (χ0) is 9.10. The molecule has 0 atom stereocenters. The van der Waals surface area contributed by atoms with Crippen LogP contribution in [0.2, 0.25) is 0 Å². The van der Waals surface area contributed by atoms with Crippen molar-refractivity contribution in [3.63, 3.8) is 0 Å². The molecule has 2 aromatic rings. The largest absolute Gasteiger partial charge is 0.354 e. The Morgan fingerprint density at radius 2 is 2.54 bits per heavy atom. The third-order valence-corrected chi connectivity index (χ3v) is 3.14. The standard InChI is InChI=1S/C6H6N4S3/c11-6-10-9-5(13-6)8-3-4-7-1-2-12-4/h1-2H,3H2,(H,8,9)(H,10,11). The molecule has 0 amide bonds. The summed E-state index contributed by atoms with van der Waals surface area (Å²) < 4.78 is 0.682. The van der Waals surface area contributed by atoms with Crippen LogP contribution in [0.5, 0.6) is 0 Å². The second kappa shape index (κ2) is 3.95. The van der Waals surface area contributed by atoms with Crippen LogP contribution in [-0.4, -0.2) is 15.2 Å². The molecule has 0 bridgehead atoms. The van der Waals surface area contributed by atoms with Crippen molar-refractivity contribution in [2.24, 2.45) is 0 Å². The zero-order valence-electron chi connectivity index (χ0n) is 6.48. The number of nitrogens with one attached hydrogen (secondary N) is 2. The number of aromatic nitrogens is 3. The first-order valence-corrected chi connectivity index (χ1v) is 5.63. The van der Waals surface area contributed by atoms with Crippen molar-refractivity contribution in [2.75, 3.05) is 5.32 Å². The van der Waals surface area contributed by atoms with Crippen LogP contribution in [0, 0.1) is 3.95 Å². The van der Waals surface area contributed by atoms with Gasteiger partial charge in [-0.2, -0.15) is 0 Å². The maximum atomic E-state index is 4.89. The predicted molar refractivity (Wildman–Crippen MR) is 56.7 cm³/mol. The van der Waals surface area contributed by atoms with Gasteiger partial charge in [-0.1, -0.05) is 11.3 Å². The Morgan fingerprint density at radius 1 is 1.62 bits per heavy atom. The van der Waals surface area contributed by atoms with E-state index in [-0.39, 0.29) is 0 Å². The van der Waals surface area contributed by atoms with E-state index in [2.05, 4.69) is 20.5 Å². The number of H-pyrrole nitrogens is 1. The monoisotopic (exact) mass is 230 g/mol. The molecule has 0 aliphatic carbocycles. The minimum Gasteiger partial charge on any atom is -0.354 e. The highest BCUT2D eigenvalue weighted by Crippen LogP contribution is 2.13. The lowest BCUT2D eigenvalue weighted by Crippen LogP contribution is -1.97. The van der Waals surface area contributed by atoms with Gasteiger partial charge in [-0.25, -0.2) is 4.98 Å². The summed E-state index contributed by atoms with van der Waals surface area (Å²) >= 11 is 7.93. The van der Waals surface area contributed by atoms with E-state index in [9.17, 15) is 0 Å². The van der Waals surface area contributed by atoms with Gasteiger partial charge in [0.1, 0.15) is 5.01 Å². The summed E-state index contributed by atoms with van der Waals surface area (Å²) in [7, 11) is 0. The maximum Gasteiger partial charge on any atom is 0.204 e. The molecule has 2 N–H and O–H groups in total. The Balaban J connectivity index is 1.97. The fourth-order valence-electron chi connectivity index (χ4n) is 0.797. The fourth-order valence-corrected chi connectivity index (χ4v) is 2.14. The van der Waals surface area contributed by atoms with E-state index in [1.807, 2.05) is 5.38 Å². The molecule has 4 nitrogen and oxygen atoms in total. The third-order valence-electron chi connectivity index (χ3n) is 1.31. The maximum absolute atomic E-state index is 4.89. The van der Waals surface area contributed by atoms with Crippen LogP contribution in [0.1, 0.15) is 5.01 Å². The molecule has 2 rings (SSSR count). The molecule has 68 valence electrons. The highest BCUT2D eigenvalue weighted by atomic mass is 32.1.